The number of rotatable bonds is 4. The van der Waals surface area contributed by atoms with Crippen LogP contribution in [0.15, 0.2) is 39.7 Å². The number of nitrogens with zero attached hydrogens (tertiary/aromatic N) is 4. The monoisotopic (exact) mass is 368 g/mol. The van der Waals surface area contributed by atoms with Gasteiger partial charge in [0.05, 0.1) is 24.1 Å². The number of amides is 1. The Morgan fingerprint density at radius 2 is 2.26 bits per heavy atom. The average molecular weight is 368 g/mol. The van der Waals surface area contributed by atoms with Gasteiger partial charge in [-0.15, -0.1) is 0 Å². The fraction of sp³-hybridized carbons (Fsp3) is 0.368. The number of carbonyl (C=O) groups excluding carboxylic acids is 1. The average Bonchev–Trinajstić information content (AvgIpc) is 3.36. The zero-order valence-corrected chi connectivity index (χ0v) is 15.2. The van der Waals surface area contributed by atoms with Crippen LogP contribution in [0.5, 0.6) is 5.95 Å². The van der Waals surface area contributed by atoms with Gasteiger partial charge in [-0.3, -0.25) is 4.79 Å². The van der Waals surface area contributed by atoms with Crippen LogP contribution in [-0.2, 0) is 0 Å². The molecular weight excluding hydrogens is 348 g/mol. The lowest BCUT2D eigenvalue weighted by molar-refractivity contribution is 0.0667. The van der Waals surface area contributed by atoms with E-state index < -0.39 is 0 Å². The first-order chi connectivity index (χ1) is 13.2. The van der Waals surface area contributed by atoms with Gasteiger partial charge >= 0.3 is 0 Å². The number of methoxy groups -OCH3 is 1. The molecule has 4 heterocycles. The third-order valence-corrected chi connectivity index (χ3v) is 4.73. The molecule has 1 amide bonds. The van der Waals surface area contributed by atoms with Gasteiger partial charge in [0.1, 0.15) is 6.33 Å². The molecule has 0 N–H and O–H groups in total. The lowest BCUT2D eigenvalue weighted by atomic mass is 9.91. The first-order valence-electron chi connectivity index (χ1n) is 8.82. The summed E-state index contributed by atoms with van der Waals surface area (Å²) in [6, 6.07) is 5.14. The highest BCUT2D eigenvalue weighted by molar-refractivity contribution is 5.91. The second-order valence-corrected chi connectivity index (χ2v) is 6.57. The van der Waals surface area contributed by atoms with Crippen LogP contribution in [0.3, 0.4) is 0 Å². The quantitative estimate of drug-likeness (QED) is 0.698. The Bertz CT molecular complexity index is 949. The van der Waals surface area contributed by atoms with Crippen LogP contribution in [0.25, 0.3) is 11.3 Å². The Hall–Kier alpha value is -3.16. The van der Waals surface area contributed by atoms with Crippen molar-refractivity contribution in [2.75, 3.05) is 20.2 Å². The van der Waals surface area contributed by atoms with Gasteiger partial charge < -0.3 is 18.6 Å². The van der Waals surface area contributed by atoms with Crippen molar-refractivity contribution in [3.05, 3.63) is 47.9 Å². The van der Waals surface area contributed by atoms with Gasteiger partial charge in [0, 0.05) is 37.3 Å². The molecule has 3 aromatic rings. The number of hydrogen-bond donors (Lipinski definition) is 0. The van der Waals surface area contributed by atoms with Crippen molar-refractivity contribution in [2.45, 2.75) is 25.7 Å². The van der Waals surface area contributed by atoms with Crippen molar-refractivity contribution in [2.24, 2.45) is 0 Å². The summed E-state index contributed by atoms with van der Waals surface area (Å²) in [5.74, 6) is 1.19. The van der Waals surface area contributed by atoms with E-state index in [1.54, 1.807) is 23.2 Å². The molecule has 8 heteroatoms. The topological polar surface area (TPSA) is 94.5 Å². The minimum atomic E-state index is -0.144. The number of carbonyl (C=O) groups is 1. The van der Waals surface area contributed by atoms with Crippen molar-refractivity contribution >= 4 is 5.91 Å². The molecule has 0 aromatic carbocycles. The highest BCUT2D eigenvalue weighted by atomic mass is 16.6. The molecule has 1 atom stereocenters. The van der Waals surface area contributed by atoms with E-state index in [0.29, 0.717) is 24.8 Å². The fourth-order valence-electron chi connectivity index (χ4n) is 3.43. The number of aryl methyl sites for hydroxylation is 1. The summed E-state index contributed by atoms with van der Waals surface area (Å²) in [6.07, 6.45) is 5.08. The SMILES string of the molecule is COc1ccc(C(=O)N2CCCC(c3ncncc3-c3cc(C)no3)C2)o1. The van der Waals surface area contributed by atoms with Gasteiger partial charge in [0.2, 0.25) is 0 Å². The molecule has 1 saturated heterocycles. The summed E-state index contributed by atoms with van der Waals surface area (Å²) in [7, 11) is 1.51. The number of likely N-dealkylation sites (tertiary alicyclic amines) is 1. The summed E-state index contributed by atoms with van der Waals surface area (Å²) in [4.78, 5) is 23.2. The molecule has 1 fully saturated rings. The molecule has 1 aliphatic rings. The largest absolute Gasteiger partial charge is 0.468 e. The van der Waals surface area contributed by atoms with E-state index in [1.807, 2.05) is 13.0 Å². The molecule has 0 bridgehead atoms. The predicted octanol–water partition coefficient (Wildman–Crippen LogP) is 3.06. The summed E-state index contributed by atoms with van der Waals surface area (Å²) >= 11 is 0. The van der Waals surface area contributed by atoms with E-state index in [-0.39, 0.29) is 17.6 Å². The molecule has 1 unspecified atom stereocenters. The highest BCUT2D eigenvalue weighted by Gasteiger charge is 2.30. The Balaban J connectivity index is 1.58. The van der Waals surface area contributed by atoms with Crippen LogP contribution in [0.2, 0.25) is 0 Å². The zero-order valence-electron chi connectivity index (χ0n) is 15.2. The van der Waals surface area contributed by atoms with E-state index in [4.69, 9.17) is 13.7 Å². The predicted molar refractivity (Wildman–Crippen MR) is 95.4 cm³/mol. The minimum absolute atomic E-state index is 0.0861. The third kappa shape index (κ3) is 3.42. The van der Waals surface area contributed by atoms with E-state index in [1.165, 1.54) is 13.4 Å². The lowest BCUT2D eigenvalue weighted by Gasteiger charge is -2.32. The van der Waals surface area contributed by atoms with E-state index in [2.05, 4.69) is 15.1 Å². The van der Waals surface area contributed by atoms with Gasteiger partial charge in [-0.05, 0) is 25.8 Å². The van der Waals surface area contributed by atoms with Gasteiger partial charge in [-0.25, -0.2) is 9.97 Å². The summed E-state index contributed by atoms with van der Waals surface area (Å²) in [6.45, 7) is 3.11. The summed E-state index contributed by atoms with van der Waals surface area (Å²) < 4.78 is 15.8. The van der Waals surface area contributed by atoms with Crippen LogP contribution < -0.4 is 4.74 Å². The maximum atomic E-state index is 12.8. The molecule has 4 rings (SSSR count). The van der Waals surface area contributed by atoms with Gasteiger partial charge in [0.25, 0.3) is 11.9 Å². The van der Waals surface area contributed by atoms with Crippen LogP contribution in [0, 0.1) is 6.92 Å². The molecule has 0 saturated carbocycles. The highest BCUT2D eigenvalue weighted by Crippen LogP contribution is 2.33. The van der Waals surface area contributed by atoms with Crippen molar-refractivity contribution in [1.82, 2.24) is 20.0 Å². The Morgan fingerprint density at radius 1 is 1.37 bits per heavy atom. The molecule has 3 aromatic heterocycles. The summed E-state index contributed by atoms with van der Waals surface area (Å²) in [5, 5.41) is 3.95. The fourth-order valence-corrected chi connectivity index (χ4v) is 3.43. The normalized spacial score (nSPS) is 17.1. The van der Waals surface area contributed by atoms with Gasteiger partial charge in [-0.2, -0.15) is 0 Å². The van der Waals surface area contributed by atoms with E-state index >= 15 is 0 Å². The molecule has 140 valence electrons. The molecule has 0 spiro atoms. The molecular formula is C19H20N4O4. The number of ether oxygens (including phenoxy) is 1. The van der Waals surface area contributed by atoms with Gasteiger partial charge in [-0.1, -0.05) is 5.16 Å². The van der Waals surface area contributed by atoms with Crippen molar-refractivity contribution < 1.29 is 18.5 Å². The Morgan fingerprint density at radius 3 is 3.00 bits per heavy atom. The van der Waals surface area contributed by atoms with Crippen LogP contribution >= 0.6 is 0 Å². The smallest absolute Gasteiger partial charge is 0.289 e. The minimum Gasteiger partial charge on any atom is -0.468 e. The van der Waals surface area contributed by atoms with Crippen LogP contribution in [0.4, 0.5) is 0 Å². The first kappa shape index (κ1) is 17.3. The zero-order chi connectivity index (χ0) is 18.8. The van der Waals surface area contributed by atoms with Crippen molar-refractivity contribution in [3.63, 3.8) is 0 Å². The number of hydrogen-bond acceptors (Lipinski definition) is 7. The van der Waals surface area contributed by atoms with Crippen LogP contribution in [0.1, 0.15) is 40.7 Å². The third-order valence-electron chi connectivity index (χ3n) is 4.73. The second-order valence-electron chi connectivity index (χ2n) is 6.57. The Kier molecular flexibility index (Phi) is 4.62. The molecule has 27 heavy (non-hydrogen) atoms. The summed E-state index contributed by atoms with van der Waals surface area (Å²) in [5.41, 5.74) is 2.49. The lowest BCUT2D eigenvalue weighted by Crippen LogP contribution is -2.39. The van der Waals surface area contributed by atoms with Crippen molar-refractivity contribution in [3.8, 4) is 17.3 Å². The first-order valence-corrected chi connectivity index (χ1v) is 8.82. The number of piperidine rings is 1. The molecule has 0 aliphatic carbocycles. The Labute approximate surface area is 156 Å². The van der Waals surface area contributed by atoms with Gasteiger partial charge in [0.15, 0.2) is 11.5 Å². The standard InChI is InChI=1S/C19H20N4O4/c1-12-8-16(27-22-12)14-9-20-11-21-18(14)13-4-3-7-23(10-13)19(24)15-5-6-17(25-2)26-15/h5-6,8-9,11,13H,3-4,7,10H2,1-2H3. The maximum absolute atomic E-state index is 12.8. The maximum Gasteiger partial charge on any atom is 0.289 e. The van der Waals surface area contributed by atoms with Crippen LogP contribution in [-0.4, -0.2) is 46.1 Å². The molecule has 1 aliphatic heterocycles. The molecule has 0 radical (unpaired) electrons. The molecule has 8 nitrogen and oxygen atoms in total. The van der Waals surface area contributed by atoms with Crippen molar-refractivity contribution in [1.29, 1.82) is 0 Å². The number of aromatic nitrogens is 3. The second kappa shape index (κ2) is 7.22. The van der Waals surface area contributed by atoms with E-state index in [0.717, 1.165) is 29.8 Å². The van der Waals surface area contributed by atoms with E-state index in [9.17, 15) is 4.79 Å². The number of furan rings is 1.